The van der Waals surface area contributed by atoms with Gasteiger partial charge in [0, 0.05) is 39.5 Å². The monoisotopic (exact) mass is 567 g/mol. The molecule has 0 saturated carbocycles. The van der Waals surface area contributed by atoms with Crippen molar-refractivity contribution in [1.82, 2.24) is 9.97 Å². The Hall–Kier alpha value is -2.19. The number of nitrogens with zero attached hydrogens (tertiary/aromatic N) is 3. The number of piperidine rings is 1. The van der Waals surface area contributed by atoms with Crippen LogP contribution in [0.25, 0.3) is 5.57 Å². The Morgan fingerprint density at radius 3 is 2.64 bits per heavy atom. The maximum atomic E-state index is 14.4. The van der Waals surface area contributed by atoms with Crippen LogP contribution in [0.2, 0.25) is 0 Å². The minimum Gasteiger partial charge on any atom is -0.620 e. The molecule has 2 aromatic heterocycles. The van der Waals surface area contributed by atoms with Gasteiger partial charge in [-0.05, 0) is 82.6 Å². The molecule has 1 aliphatic carbocycles. The van der Waals surface area contributed by atoms with Gasteiger partial charge < -0.3 is 5.21 Å². The van der Waals surface area contributed by atoms with Crippen LogP contribution in [0.15, 0.2) is 69.6 Å². The zero-order chi connectivity index (χ0) is 23.0. The molecule has 0 bridgehead atoms. The number of rotatable bonds is 2. The average molecular weight is 569 g/mol. The molecule has 5 rings (SSSR count). The SMILES string of the molecule is O=C(Cc1ccncc1)[N+]1([O-])CCCCC1=C1c2ncc(Br)cc2CCc2cccc(Br)c21. The van der Waals surface area contributed by atoms with E-state index in [0.717, 1.165) is 62.6 Å². The number of allylic oxidation sites excluding steroid dienone is 1. The van der Waals surface area contributed by atoms with E-state index in [2.05, 4.69) is 49.0 Å². The maximum Gasteiger partial charge on any atom is 0.322 e. The number of halogens is 2. The van der Waals surface area contributed by atoms with Crippen molar-refractivity contribution in [2.45, 2.75) is 38.5 Å². The van der Waals surface area contributed by atoms with Crippen molar-refractivity contribution in [2.24, 2.45) is 0 Å². The van der Waals surface area contributed by atoms with Crippen molar-refractivity contribution < 1.29 is 9.44 Å². The van der Waals surface area contributed by atoms with Gasteiger partial charge in [0.15, 0.2) is 0 Å². The predicted molar refractivity (Wildman–Crippen MR) is 135 cm³/mol. The Kier molecular flexibility index (Phi) is 6.31. The number of fused-ring (bicyclic) bond motifs is 2. The number of carbonyl (C=O) groups excluding carboxylic acids is 1. The summed E-state index contributed by atoms with van der Waals surface area (Å²) in [7, 11) is 0. The maximum absolute atomic E-state index is 14.4. The van der Waals surface area contributed by atoms with Crippen molar-refractivity contribution in [3.8, 4) is 0 Å². The van der Waals surface area contributed by atoms with E-state index in [1.54, 1.807) is 30.7 Å². The Balaban J connectivity index is 1.74. The van der Waals surface area contributed by atoms with Gasteiger partial charge in [-0.1, -0.05) is 28.1 Å². The van der Waals surface area contributed by atoms with Crippen LogP contribution in [0, 0.1) is 5.21 Å². The van der Waals surface area contributed by atoms with Crippen molar-refractivity contribution in [3.05, 3.63) is 103 Å². The Morgan fingerprint density at radius 2 is 1.82 bits per heavy atom. The molecule has 1 aliphatic heterocycles. The van der Waals surface area contributed by atoms with Crippen LogP contribution in [0.1, 0.15) is 47.2 Å². The average Bonchev–Trinajstić information content (AvgIpc) is 2.97. The summed E-state index contributed by atoms with van der Waals surface area (Å²) in [4.78, 5) is 22.4. The first kappa shape index (κ1) is 22.6. The lowest BCUT2D eigenvalue weighted by atomic mass is 9.91. The molecule has 0 N–H and O–H groups in total. The number of quaternary nitrogens is 1. The van der Waals surface area contributed by atoms with Gasteiger partial charge >= 0.3 is 5.91 Å². The molecule has 0 spiro atoms. The Labute approximate surface area is 210 Å². The first-order valence-corrected chi connectivity index (χ1v) is 12.7. The summed E-state index contributed by atoms with van der Waals surface area (Å²) >= 11 is 7.30. The second-order valence-corrected chi connectivity index (χ2v) is 10.4. The van der Waals surface area contributed by atoms with Crippen LogP contribution in [0.4, 0.5) is 0 Å². The van der Waals surface area contributed by atoms with Crippen molar-refractivity contribution >= 4 is 43.3 Å². The lowest BCUT2D eigenvalue weighted by Gasteiger charge is -2.45. The normalized spacial score (nSPS) is 22.3. The van der Waals surface area contributed by atoms with E-state index < -0.39 is 4.65 Å². The van der Waals surface area contributed by atoms with Gasteiger partial charge in [-0.25, -0.2) is 4.79 Å². The third kappa shape index (κ3) is 4.23. The number of likely N-dealkylation sites (tertiary alicyclic amines) is 1. The summed E-state index contributed by atoms with van der Waals surface area (Å²) in [5.41, 5.74) is 6.34. The Morgan fingerprint density at radius 1 is 1.03 bits per heavy atom. The standard InChI is InChI=1S/C26H23Br2N3O2/c27-20-15-19-8-7-18-4-3-5-21(28)24(18)25(26(19)30-16-20)22-6-1-2-13-31(22,33)23(32)14-17-9-11-29-12-10-17/h3-5,9-12,15-16H,1-2,6-8,13-14H2. The van der Waals surface area contributed by atoms with Gasteiger partial charge in [-0.3, -0.25) is 14.6 Å². The molecule has 7 heteroatoms. The first-order chi connectivity index (χ1) is 16.0. The summed E-state index contributed by atoms with van der Waals surface area (Å²) in [6.07, 6.45) is 9.05. The predicted octanol–water partition coefficient (Wildman–Crippen LogP) is 6.13. The fourth-order valence-corrected chi connectivity index (χ4v) is 5.93. The van der Waals surface area contributed by atoms with E-state index in [4.69, 9.17) is 4.98 Å². The van der Waals surface area contributed by atoms with E-state index >= 15 is 0 Å². The highest BCUT2D eigenvalue weighted by Gasteiger charge is 2.39. The molecule has 33 heavy (non-hydrogen) atoms. The number of hydrogen-bond acceptors (Lipinski definition) is 4. The zero-order valence-corrected chi connectivity index (χ0v) is 21.2. The Bertz CT molecular complexity index is 1260. The molecule has 1 fully saturated rings. The minimum absolute atomic E-state index is 0.0895. The second-order valence-electron chi connectivity index (χ2n) is 8.60. The van der Waals surface area contributed by atoms with E-state index in [1.807, 2.05) is 12.1 Å². The van der Waals surface area contributed by atoms with Crippen LogP contribution in [0.5, 0.6) is 0 Å². The van der Waals surface area contributed by atoms with E-state index in [9.17, 15) is 10.0 Å². The molecule has 1 unspecified atom stereocenters. The summed E-state index contributed by atoms with van der Waals surface area (Å²) in [6, 6.07) is 11.8. The highest BCUT2D eigenvalue weighted by atomic mass is 79.9. The molecule has 3 aromatic rings. The molecule has 168 valence electrons. The van der Waals surface area contributed by atoms with Crippen LogP contribution in [-0.4, -0.2) is 27.1 Å². The largest absolute Gasteiger partial charge is 0.620 e. The van der Waals surface area contributed by atoms with E-state index in [0.29, 0.717) is 12.1 Å². The number of hydroxylamine groups is 3. The van der Waals surface area contributed by atoms with Crippen LogP contribution in [-0.2, 0) is 24.1 Å². The molecular weight excluding hydrogens is 546 g/mol. The molecule has 0 radical (unpaired) electrons. The smallest absolute Gasteiger partial charge is 0.322 e. The lowest BCUT2D eigenvalue weighted by Crippen LogP contribution is -2.50. The minimum atomic E-state index is -0.921. The third-order valence-electron chi connectivity index (χ3n) is 6.55. The number of aryl methyl sites for hydroxylation is 2. The summed E-state index contributed by atoms with van der Waals surface area (Å²) in [6.45, 7) is 0.258. The van der Waals surface area contributed by atoms with Crippen molar-refractivity contribution in [1.29, 1.82) is 0 Å². The molecule has 1 atom stereocenters. The molecule has 1 aromatic carbocycles. The molecule has 3 heterocycles. The number of amides is 1. The number of hydrogen-bond donors (Lipinski definition) is 0. The topological polar surface area (TPSA) is 65.9 Å². The van der Waals surface area contributed by atoms with Crippen molar-refractivity contribution in [3.63, 3.8) is 0 Å². The highest BCUT2D eigenvalue weighted by molar-refractivity contribution is 9.10. The lowest BCUT2D eigenvalue weighted by molar-refractivity contribution is -0.770. The van der Waals surface area contributed by atoms with Crippen LogP contribution >= 0.6 is 31.9 Å². The van der Waals surface area contributed by atoms with Gasteiger partial charge in [0.05, 0.1) is 24.2 Å². The van der Waals surface area contributed by atoms with E-state index in [1.165, 1.54) is 5.56 Å². The fourth-order valence-electron chi connectivity index (χ4n) is 4.95. The van der Waals surface area contributed by atoms with Crippen molar-refractivity contribution in [2.75, 3.05) is 6.54 Å². The number of aromatic nitrogens is 2. The second kappa shape index (κ2) is 9.22. The fraction of sp³-hybridized carbons (Fsp3) is 0.269. The molecule has 1 amide bonds. The van der Waals surface area contributed by atoms with Gasteiger partial charge in [0.25, 0.3) is 0 Å². The van der Waals surface area contributed by atoms with Gasteiger partial charge in [0.2, 0.25) is 0 Å². The third-order valence-corrected chi connectivity index (χ3v) is 7.65. The zero-order valence-electron chi connectivity index (χ0n) is 18.1. The van der Waals surface area contributed by atoms with Gasteiger partial charge in [-0.15, -0.1) is 0 Å². The highest BCUT2D eigenvalue weighted by Crippen LogP contribution is 2.44. The van der Waals surface area contributed by atoms with Gasteiger partial charge in [0.1, 0.15) is 5.70 Å². The molecular formula is C26H23Br2N3O2. The molecule has 5 nitrogen and oxygen atoms in total. The van der Waals surface area contributed by atoms with Crippen LogP contribution in [0.3, 0.4) is 0 Å². The number of carbonyl (C=O) groups is 1. The molecule has 2 aliphatic rings. The number of benzene rings is 1. The molecule has 1 saturated heterocycles. The summed E-state index contributed by atoms with van der Waals surface area (Å²) in [5, 5.41) is 14.4. The van der Waals surface area contributed by atoms with Gasteiger partial charge in [-0.2, -0.15) is 0 Å². The van der Waals surface area contributed by atoms with E-state index in [-0.39, 0.29) is 18.9 Å². The van der Waals surface area contributed by atoms with Crippen LogP contribution < -0.4 is 0 Å². The first-order valence-electron chi connectivity index (χ1n) is 11.1. The summed E-state index contributed by atoms with van der Waals surface area (Å²) < 4.78 is 0.921. The quantitative estimate of drug-likeness (QED) is 0.275. The summed E-state index contributed by atoms with van der Waals surface area (Å²) in [5.74, 6) is -0.333. The number of pyridine rings is 2.